The number of benzene rings is 2. The molecule has 0 spiro atoms. The predicted molar refractivity (Wildman–Crippen MR) is 88.6 cm³/mol. The van der Waals surface area contributed by atoms with Crippen LogP contribution in [0.15, 0.2) is 40.9 Å². The topological polar surface area (TPSA) is 21.3 Å². The second-order valence-electron chi connectivity index (χ2n) is 5.02. The van der Waals surface area contributed by atoms with Gasteiger partial charge in [0.1, 0.15) is 5.75 Å². The summed E-state index contributed by atoms with van der Waals surface area (Å²) in [5.41, 5.74) is 4.72. The van der Waals surface area contributed by atoms with Crippen molar-refractivity contribution < 1.29 is 4.74 Å². The molecule has 3 heteroatoms. The number of halogens is 1. The molecular formula is C17H20BrNO. The fourth-order valence-corrected chi connectivity index (χ4v) is 2.62. The molecule has 0 aromatic heterocycles. The summed E-state index contributed by atoms with van der Waals surface area (Å²) in [5.74, 6) is 0.928. The zero-order valence-electron chi connectivity index (χ0n) is 12.3. The van der Waals surface area contributed by atoms with Gasteiger partial charge in [-0.15, -0.1) is 0 Å². The largest absolute Gasteiger partial charge is 0.496 e. The average Bonchev–Trinajstić information content (AvgIpc) is 2.43. The van der Waals surface area contributed by atoms with Crippen molar-refractivity contribution in [1.82, 2.24) is 0 Å². The summed E-state index contributed by atoms with van der Waals surface area (Å²) < 4.78 is 6.61. The molecule has 2 aromatic rings. The van der Waals surface area contributed by atoms with E-state index < -0.39 is 0 Å². The summed E-state index contributed by atoms with van der Waals surface area (Å²) in [6.07, 6.45) is 0. The Morgan fingerprint density at radius 3 is 2.60 bits per heavy atom. The number of methoxy groups -OCH3 is 1. The second kappa shape index (κ2) is 6.31. The van der Waals surface area contributed by atoms with E-state index in [0.29, 0.717) is 0 Å². The molecule has 0 heterocycles. The molecule has 20 heavy (non-hydrogen) atoms. The number of hydrogen-bond acceptors (Lipinski definition) is 2. The molecule has 2 aromatic carbocycles. The maximum Gasteiger partial charge on any atom is 0.124 e. The lowest BCUT2D eigenvalue weighted by Crippen LogP contribution is -2.09. The van der Waals surface area contributed by atoms with Crippen molar-refractivity contribution in [3.8, 4) is 5.75 Å². The van der Waals surface area contributed by atoms with Crippen LogP contribution in [0.1, 0.15) is 29.7 Å². The highest BCUT2D eigenvalue weighted by Crippen LogP contribution is 2.31. The number of rotatable bonds is 4. The van der Waals surface area contributed by atoms with Crippen LogP contribution < -0.4 is 10.1 Å². The van der Waals surface area contributed by atoms with E-state index in [2.05, 4.69) is 72.3 Å². The minimum atomic E-state index is 0.179. The molecule has 0 aliphatic rings. The van der Waals surface area contributed by atoms with E-state index in [1.807, 2.05) is 6.07 Å². The Morgan fingerprint density at radius 2 is 1.90 bits per heavy atom. The van der Waals surface area contributed by atoms with Gasteiger partial charge in [0.05, 0.1) is 13.2 Å². The molecular weight excluding hydrogens is 314 g/mol. The van der Waals surface area contributed by atoms with Crippen LogP contribution >= 0.6 is 15.9 Å². The standard InChI is InChI=1S/C17H20BrNO/c1-11-8-9-14(17(10-11)20-4)13(3)19-16-7-5-6-15(18)12(16)2/h5-10,13,19H,1-4H3. The Kier molecular flexibility index (Phi) is 4.71. The number of aryl methyl sites for hydroxylation is 1. The van der Waals surface area contributed by atoms with E-state index in [1.165, 1.54) is 11.1 Å². The molecule has 0 radical (unpaired) electrons. The van der Waals surface area contributed by atoms with Crippen molar-refractivity contribution in [1.29, 1.82) is 0 Å². The van der Waals surface area contributed by atoms with E-state index in [4.69, 9.17) is 4.74 Å². The van der Waals surface area contributed by atoms with Gasteiger partial charge in [-0.05, 0) is 50.1 Å². The molecule has 0 aliphatic carbocycles. The van der Waals surface area contributed by atoms with E-state index in [9.17, 15) is 0 Å². The van der Waals surface area contributed by atoms with Crippen molar-refractivity contribution >= 4 is 21.6 Å². The molecule has 0 saturated carbocycles. The van der Waals surface area contributed by atoms with Crippen LogP contribution in [0.5, 0.6) is 5.75 Å². The average molecular weight is 334 g/mol. The van der Waals surface area contributed by atoms with Crippen molar-refractivity contribution in [3.05, 3.63) is 57.6 Å². The molecule has 0 aliphatic heterocycles. The second-order valence-corrected chi connectivity index (χ2v) is 5.88. The highest BCUT2D eigenvalue weighted by molar-refractivity contribution is 9.10. The fourth-order valence-electron chi connectivity index (χ4n) is 2.25. The quantitative estimate of drug-likeness (QED) is 0.825. The lowest BCUT2D eigenvalue weighted by atomic mass is 10.0. The molecule has 1 N–H and O–H groups in total. The summed E-state index contributed by atoms with van der Waals surface area (Å²) in [6.45, 7) is 6.32. The highest BCUT2D eigenvalue weighted by Gasteiger charge is 2.12. The number of ether oxygens (including phenoxy) is 1. The molecule has 0 fully saturated rings. The predicted octanol–water partition coefficient (Wildman–Crippen LogP) is 5.25. The lowest BCUT2D eigenvalue weighted by Gasteiger charge is -2.20. The van der Waals surface area contributed by atoms with Gasteiger partial charge in [-0.25, -0.2) is 0 Å². The van der Waals surface area contributed by atoms with E-state index in [1.54, 1.807) is 7.11 Å². The third-order valence-corrected chi connectivity index (χ3v) is 4.35. The Morgan fingerprint density at radius 1 is 1.15 bits per heavy atom. The van der Waals surface area contributed by atoms with Crippen LogP contribution in [0.3, 0.4) is 0 Å². The third kappa shape index (κ3) is 3.15. The number of anilines is 1. The maximum atomic E-state index is 5.49. The first-order valence-corrected chi connectivity index (χ1v) is 7.48. The number of nitrogens with one attached hydrogen (secondary N) is 1. The van der Waals surface area contributed by atoms with Crippen LogP contribution in [0, 0.1) is 13.8 Å². The van der Waals surface area contributed by atoms with Gasteiger partial charge >= 0.3 is 0 Å². The Labute approximate surface area is 129 Å². The zero-order valence-corrected chi connectivity index (χ0v) is 13.9. The third-order valence-electron chi connectivity index (χ3n) is 3.50. The van der Waals surface area contributed by atoms with E-state index >= 15 is 0 Å². The molecule has 106 valence electrons. The Bertz CT molecular complexity index is 610. The van der Waals surface area contributed by atoms with Crippen molar-refractivity contribution in [2.45, 2.75) is 26.8 Å². The molecule has 2 nitrogen and oxygen atoms in total. The summed E-state index contributed by atoms with van der Waals surface area (Å²) in [5, 5.41) is 3.55. The Balaban J connectivity index is 2.28. The normalized spacial score (nSPS) is 12.1. The van der Waals surface area contributed by atoms with Gasteiger partial charge in [-0.3, -0.25) is 0 Å². The van der Waals surface area contributed by atoms with Gasteiger partial charge in [-0.2, -0.15) is 0 Å². The first-order chi connectivity index (χ1) is 9.52. The molecule has 0 saturated heterocycles. The van der Waals surface area contributed by atoms with Crippen LogP contribution in [0.25, 0.3) is 0 Å². The molecule has 1 atom stereocenters. The van der Waals surface area contributed by atoms with Gasteiger partial charge in [0, 0.05) is 15.7 Å². The van der Waals surface area contributed by atoms with Crippen LogP contribution in [-0.2, 0) is 0 Å². The van der Waals surface area contributed by atoms with Gasteiger partial charge in [-0.1, -0.05) is 34.1 Å². The van der Waals surface area contributed by atoms with E-state index in [0.717, 1.165) is 21.5 Å². The SMILES string of the molecule is COc1cc(C)ccc1C(C)Nc1cccc(Br)c1C. The first kappa shape index (κ1) is 14.9. The molecule has 0 amide bonds. The number of hydrogen-bond donors (Lipinski definition) is 1. The molecule has 2 rings (SSSR count). The molecule has 1 unspecified atom stereocenters. The minimum absolute atomic E-state index is 0.179. The highest BCUT2D eigenvalue weighted by atomic mass is 79.9. The summed E-state index contributed by atoms with van der Waals surface area (Å²) in [4.78, 5) is 0. The lowest BCUT2D eigenvalue weighted by molar-refractivity contribution is 0.407. The smallest absolute Gasteiger partial charge is 0.124 e. The van der Waals surface area contributed by atoms with Crippen LogP contribution in [0.2, 0.25) is 0 Å². The van der Waals surface area contributed by atoms with Gasteiger partial charge in [0.15, 0.2) is 0 Å². The van der Waals surface area contributed by atoms with Gasteiger partial charge in [0.25, 0.3) is 0 Å². The summed E-state index contributed by atoms with van der Waals surface area (Å²) in [7, 11) is 1.72. The van der Waals surface area contributed by atoms with Crippen LogP contribution in [0.4, 0.5) is 5.69 Å². The summed E-state index contributed by atoms with van der Waals surface area (Å²) in [6, 6.07) is 12.7. The van der Waals surface area contributed by atoms with Crippen molar-refractivity contribution in [2.75, 3.05) is 12.4 Å². The minimum Gasteiger partial charge on any atom is -0.496 e. The van der Waals surface area contributed by atoms with Gasteiger partial charge in [0.2, 0.25) is 0 Å². The summed E-state index contributed by atoms with van der Waals surface area (Å²) >= 11 is 3.57. The van der Waals surface area contributed by atoms with Crippen molar-refractivity contribution in [2.24, 2.45) is 0 Å². The van der Waals surface area contributed by atoms with Crippen LogP contribution in [-0.4, -0.2) is 7.11 Å². The van der Waals surface area contributed by atoms with Gasteiger partial charge < -0.3 is 10.1 Å². The monoisotopic (exact) mass is 333 g/mol. The zero-order chi connectivity index (χ0) is 14.7. The Hall–Kier alpha value is -1.48. The van der Waals surface area contributed by atoms with E-state index in [-0.39, 0.29) is 6.04 Å². The molecule has 0 bridgehead atoms. The van der Waals surface area contributed by atoms with Crippen molar-refractivity contribution in [3.63, 3.8) is 0 Å². The fraction of sp³-hybridized carbons (Fsp3) is 0.294. The first-order valence-electron chi connectivity index (χ1n) is 6.69. The maximum absolute atomic E-state index is 5.49.